The summed E-state index contributed by atoms with van der Waals surface area (Å²) in [4.78, 5) is 42.4. The van der Waals surface area contributed by atoms with Crippen molar-refractivity contribution in [2.24, 2.45) is 10.2 Å². The number of oxazole rings is 1. The van der Waals surface area contributed by atoms with Gasteiger partial charge in [0.1, 0.15) is 11.3 Å². The summed E-state index contributed by atoms with van der Waals surface area (Å²) in [5.41, 5.74) is 0.852. The molecule has 0 radical (unpaired) electrons. The number of aromatic nitrogens is 5. The second-order valence-electron chi connectivity index (χ2n) is 10.1. The predicted octanol–water partition coefficient (Wildman–Crippen LogP) is 3.91. The summed E-state index contributed by atoms with van der Waals surface area (Å²) in [6, 6.07) is 6.62. The molecule has 0 aliphatic carbocycles. The van der Waals surface area contributed by atoms with Crippen LogP contribution in [-0.2, 0) is 10.1 Å². The molecule has 0 fully saturated rings. The molecule has 18 heteroatoms. The Balaban J connectivity index is 1.37. The van der Waals surface area contributed by atoms with Gasteiger partial charge in [0, 0.05) is 24.1 Å². The van der Waals surface area contributed by atoms with E-state index in [1.165, 1.54) is 16.8 Å². The Kier molecular flexibility index (Phi) is 7.70. The molecule has 1 atom stereocenters. The van der Waals surface area contributed by atoms with E-state index < -0.39 is 33.9 Å². The van der Waals surface area contributed by atoms with Crippen LogP contribution in [0.25, 0.3) is 16.7 Å². The Bertz CT molecular complexity index is 2060. The fourth-order valence-electron chi connectivity index (χ4n) is 4.19. The van der Waals surface area contributed by atoms with Crippen LogP contribution in [0.2, 0.25) is 0 Å². The van der Waals surface area contributed by atoms with E-state index in [-0.39, 0.29) is 45.6 Å². The van der Waals surface area contributed by atoms with Crippen molar-refractivity contribution in [2.75, 3.05) is 6.54 Å². The Morgan fingerprint density at radius 2 is 1.66 bits per heavy atom. The average Bonchev–Trinajstić information content (AvgIpc) is 3.66. The highest BCUT2D eigenvalue weighted by Crippen LogP contribution is 2.33. The van der Waals surface area contributed by atoms with Crippen LogP contribution in [0.1, 0.15) is 75.2 Å². The highest BCUT2D eigenvalue weighted by atomic mass is 32.2. The minimum Gasteiger partial charge on any atom is -0.478 e. The summed E-state index contributed by atoms with van der Waals surface area (Å²) in [7, 11) is -4.44. The molecule has 1 unspecified atom stereocenters. The normalized spacial score (nSPS) is 12.8. The third-order valence-corrected chi connectivity index (χ3v) is 7.32. The molecule has 17 nitrogen and oxygen atoms in total. The zero-order chi connectivity index (χ0) is 31.9. The Hall–Kier alpha value is -5.49. The highest BCUT2D eigenvalue weighted by molar-refractivity contribution is 7.85. The second kappa shape index (κ2) is 11.3. The number of carboxylic acids is 2. The number of H-pyrrole nitrogens is 1. The molecule has 5 rings (SSSR count). The molecule has 228 valence electrons. The van der Waals surface area contributed by atoms with E-state index in [1.54, 1.807) is 6.92 Å². The smallest absolute Gasteiger partial charge is 0.341 e. The van der Waals surface area contributed by atoms with Crippen LogP contribution in [0.15, 0.2) is 55.9 Å². The summed E-state index contributed by atoms with van der Waals surface area (Å²) in [5, 5.41) is 38.4. The lowest BCUT2D eigenvalue weighted by Crippen LogP contribution is -2.28. The van der Waals surface area contributed by atoms with Gasteiger partial charge in [-0.1, -0.05) is 25.9 Å². The first-order valence-electron chi connectivity index (χ1n) is 12.9. The molecule has 3 heterocycles. The molecule has 1 amide bonds. The monoisotopic (exact) mass is 624 g/mol. The van der Waals surface area contributed by atoms with Crippen molar-refractivity contribution >= 4 is 56.4 Å². The largest absolute Gasteiger partial charge is 0.478 e. The standard InChI is InChI=1S/C26H24N8O9S/c1-11(2)19-20(30-31-26-28-17-5-4-16(44(40,41)42)9-18(17)43-26)22-29-21(33-34(22)32-19)12(3)10-27-23(35)13-6-14(24(36)37)8-15(7-13)25(38)39/h4-9,11-12H,10H2,1-3H3,(H,27,35)(H,29,33)(H,36,37)(H,38,39)(H,40,41,42). The maximum Gasteiger partial charge on any atom is 0.341 e. The summed E-state index contributed by atoms with van der Waals surface area (Å²) >= 11 is 0. The van der Waals surface area contributed by atoms with Gasteiger partial charge >= 0.3 is 18.0 Å². The number of nitrogens with zero attached hydrogens (tertiary/aromatic N) is 6. The van der Waals surface area contributed by atoms with E-state index in [4.69, 9.17) is 4.42 Å². The number of carbonyl (C=O) groups is 3. The van der Waals surface area contributed by atoms with E-state index in [0.29, 0.717) is 28.4 Å². The third-order valence-electron chi connectivity index (χ3n) is 6.47. The number of carbonyl (C=O) groups excluding carboxylic acids is 1. The van der Waals surface area contributed by atoms with Crippen LogP contribution in [0, 0.1) is 0 Å². The molecule has 44 heavy (non-hydrogen) atoms. The van der Waals surface area contributed by atoms with Crippen LogP contribution in [-0.4, -0.2) is 72.4 Å². The van der Waals surface area contributed by atoms with E-state index in [9.17, 15) is 37.6 Å². The van der Waals surface area contributed by atoms with E-state index in [0.717, 1.165) is 24.3 Å². The molecule has 0 bridgehead atoms. The molecule has 0 aliphatic heterocycles. The van der Waals surface area contributed by atoms with Gasteiger partial charge in [-0.2, -0.15) is 18.5 Å². The lowest BCUT2D eigenvalue weighted by atomic mass is 10.0. The average molecular weight is 625 g/mol. The molecule has 0 spiro atoms. The fraction of sp³-hybridized carbons (Fsp3) is 0.231. The number of rotatable bonds is 10. The SMILES string of the molecule is CC(C)c1nn2nc(C(C)CNC(=O)c3cc(C(=O)O)cc(C(=O)O)c3)[nH]c2c1N=Nc1nc2ccc(S(=O)(=O)O)cc2o1. The molecular weight excluding hydrogens is 600 g/mol. The third kappa shape index (κ3) is 6.01. The minimum atomic E-state index is -4.44. The van der Waals surface area contributed by atoms with Crippen LogP contribution in [0.5, 0.6) is 0 Å². The molecule has 5 N–H and O–H groups in total. The first-order chi connectivity index (χ1) is 20.7. The topological polar surface area (TPSA) is 255 Å². The van der Waals surface area contributed by atoms with Crippen molar-refractivity contribution < 1.29 is 42.0 Å². The van der Waals surface area contributed by atoms with Gasteiger partial charge < -0.3 is 24.9 Å². The second-order valence-corrected chi connectivity index (χ2v) is 11.5. The van der Waals surface area contributed by atoms with Crippen LogP contribution in [0.3, 0.4) is 0 Å². The van der Waals surface area contributed by atoms with Gasteiger partial charge in [0.15, 0.2) is 16.9 Å². The van der Waals surface area contributed by atoms with Crippen molar-refractivity contribution in [3.63, 3.8) is 0 Å². The highest BCUT2D eigenvalue weighted by Gasteiger charge is 2.22. The number of nitrogens with one attached hydrogen (secondary N) is 2. The maximum absolute atomic E-state index is 12.7. The number of carboxylic acid groups (broad SMARTS) is 2. The number of hydrogen-bond acceptors (Lipinski definition) is 11. The van der Waals surface area contributed by atoms with Gasteiger partial charge in [0.05, 0.1) is 21.7 Å². The summed E-state index contributed by atoms with van der Waals surface area (Å²) < 4.78 is 38.9. The number of benzene rings is 2. The van der Waals surface area contributed by atoms with Crippen molar-refractivity contribution in [3.05, 3.63) is 64.6 Å². The molecule has 5 aromatic rings. The molecule has 0 saturated heterocycles. The number of aromatic amines is 1. The van der Waals surface area contributed by atoms with E-state index in [1.807, 2.05) is 13.8 Å². The van der Waals surface area contributed by atoms with Crippen molar-refractivity contribution in [1.29, 1.82) is 0 Å². The molecule has 3 aromatic heterocycles. The van der Waals surface area contributed by atoms with Crippen molar-refractivity contribution in [1.82, 2.24) is 30.1 Å². The van der Waals surface area contributed by atoms with Gasteiger partial charge in [-0.3, -0.25) is 9.35 Å². The van der Waals surface area contributed by atoms with Gasteiger partial charge in [-0.25, -0.2) is 9.59 Å². The zero-order valence-electron chi connectivity index (χ0n) is 23.2. The quantitative estimate of drug-likeness (QED) is 0.109. The number of fused-ring (bicyclic) bond motifs is 2. The molecule has 2 aromatic carbocycles. The fourth-order valence-corrected chi connectivity index (χ4v) is 4.69. The Labute approximate surface area is 247 Å². The zero-order valence-corrected chi connectivity index (χ0v) is 24.0. The van der Waals surface area contributed by atoms with E-state index in [2.05, 4.69) is 35.7 Å². The van der Waals surface area contributed by atoms with Crippen molar-refractivity contribution in [3.8, 4) is 0 Å². The Morgan fingerprint density at radius 1 is 1.00 bits per heavy atom. The van der Waals surface area contributed by atoms with Crippen LogP contribution < -0.4 is 5.32 Å². The molecular formula is C26H24N8O9S. The van der Waals surface area contributed by atoms with Gasteiger partial charge in [-0.05, 0) is 36.2 Å². The summed E-state index contributed by atoms with van der Waals surface area (Å²) in [5.74, 6) is -3.47. The van der Waals surface area contributed by atoms with E-state index >= 15 is 0 Å². The van der Waals surface area contributed by atoms with Crippen LogP contribution in [0.4, 0.5) is 11.7 Å². The number of azo groups is 1. The lowest BCUT2D eigenvalue weighted by Gasteiger charge is -2.11. The lowest BCUT2D eigenvalue weighted by molar-refractivity contribution is 0.0696. The minimum absolute atomic E-state index is 0.0531. The first kappa shape index (κ1) is 30.0. The molecule has 0 aliphatic rings. The van der Waals surface area contributed by atoms with Gasteiger partial charge in [0.2, 0.25) is 0 Å². The summed E-state index contributed by atoms with van der Waals surface area (Å²) in [6.07, 6.45) is 0. The Morgan fingerprint density at radius 3 is 2.27 bits per heavy atom. The van der Waals surface area contributed by atoms with Crippen molar-refractivity contribution in [2.45, 2.75) is 37.5 Å². The van der Waals surface area contributed by atoms with Gasteiger partial charge in [-0.15, -0.1) is 14.8 Å². The summed E-state index contributed by atoms with van der Waals surface area (Å²) in [6.45, 7) is 5.60. The number of aromatic carboxylic acids is 2. The maximum atomic E-state index is 12.7. The predicted molar refractivity (Wildman–Crippen MR) is 151 cm³/mol. The molecule has 0 saturated carbocycles. The first-order valence-corrected chi connectivity index (χ1v) is 14.3. The number of amides is 1. The number of hydrogen-bond donors (Lipinski definition) is 5. The van der Waals surface area contributed by atoms with Crippen LogP contribution >= 0.6 is 0 Å². The van der Waals surface area contributed by atoms with Gasteiger partial charge in [0.25, 0.3) is 16.0 Å².